The molecule has 1 N–H and O–H groups in total. The van der Waals surface area contributed by atoms with Crippen molar-refractivity contribution in [2.24, 2.45) is 0 Å². The molecule has 0 saturated heterocycles. The van der Waals surface area contributed by atoms with E-state index in [-0.39, 0.29) is 0 Å². The van der Waals surface area contributed by atoms with Crippen LogP contribution in [0, 0.1) is 0 Å². The second-order valence-electron chi connectivity index (χ2n) is 2.74. The van der Waals surface area contributed by atoms with E-state index in [1.807, 2.05) is 30.3 Å². The first-order chi connectivity index (χ1) is 7.26. The molecule has 1 rings (SSSR count). The van der Waals surface area contributed by atoms with Crippen molar-refractivity contribution < 1.29 is 12.5 Å². The molecule has 0 aromatic heterocycles. The van der Waals surface area contributed by atoms with Crippen molar-refractivity contribution >= 4 is 16.6 Å². The van der Waals surface area contributed by atoms with Crippen molar-refractivity contribution in [2.45, 2.75) is 0 Å². The Kier molecular flexibility index (Phi) is 4.90. The van der Waals surface area contributed by atoms with Crippen LogP contribution >= 0.6 is 10.9 Å². The van der Waals surface area contributed by atoms with Crippen molar-refractivity contribution in [2.75, 3.05) is 32.5 Å². The normalized spacial score (nSPS) is 12.5. The first-order valence-corrected chi connectivity index (χ1v) is 6.11. The van der Waals surface area contributed by atoms with E-state index in [0.717, 1.165) is 5.69 Å². The molecule has 1 aromatic rings. The summed E-state index contributed by atoms with van der Waals surface area (Å²) in [4.78, 5) is 0. The first kappa shape index (κ1) is 12.3. The van der Waals surface area contributed by atoms with Crippen molar-refractivity contribution in [3.8, 4) is 0 Å². The van der Waals surface area contributed by atoms with Crippen LogP contribution < -0.4 is 5.32 Å². The van der Waals surface area contributed by atoms with Gasteiger partial charge in [-0.05, 0) is 12.1 Å². The van der Waals surface area contributed by atoms with Gasteiger partial charge in [0.25, 0.3) is 0 Å². The largest absolute Gasteiger partial charge is 0.372 e. The van der Waals surface area contributed by atoms with Crippen molar-refractivity contribution in [1.29, 1.82) is 0 Å². The Labute approximate surface area is 92.5 Å². The standard InChI is InChI=1S/C10H17NO3S/c1-12-15(13-2,14-3)9-11-10-7-5-4-6-8-10/h4-8,11H,9H2,1-3H3. The summed E-state index contributed by atoms with van der Waals surface area (Å²) in [6.45, 7) is 0. The van der Waals surface area contributed by atoms with E-state index in [1.165, 1.54) is 0 Å². The number of nitrogens with one attached hydrogen (secondary N) is 1. The van der Waals surface area contributed by atoms with Crippen LogP contribution in [-0.2, 0) is 12.5 Å². The molecule has 86 valence electrons. The molecule has 0 spiro atoms. The predicted molar refractivity (Wildman–Crippen MR) is 63.5 cm³/mol. The van der Waals surface area contributed by atoms with E-state index in [0.29, 0.717) is 5.88 Å². The van der Waals surface area contributed by atoms with Crippen LogP contribution in [0.25, 0.3) is 0 Å². The Morgan fingerprint density at radius 1 is 1.00 bits per heavy atom. The van der Waals surface area contributed by atoms with E-state index >= 15 is 0 Å². The highest BCUT2D eigenvalue weighted by Gasteiger charge is 2.22. The summed E-state index contributed by atoms with van der Waals surface area (Å²) < 4.78 is 15.7. The second-order valence-corrected chi connectivity index (χ2v) is 5.15. The molecule has 4 nitrogen and oxygen atoms in total. The fraction of sp³-hybridized carbons (Fsp3) is 0.400. The fourth-order valence-corrected chi connectivity index (χ4v) is 2.21. The summed E-state index contributed by atoms with van der Waals surface area (Å²) in [7, 11) is 2.82. The summed E-state index contributed by atoms with van der Waals surface area (Å²) in [6.07, 6.45) is 0. The average molecular weight is 231 g/mol. The second kappa shape index (κ2) is 5.97. The Hall–Kier alpha value is -0.750. The van der Waals surface area contributed by atoms with E-state index in [4.69, 9.17) is 12.5 Å². The molecular formula is C10H17NO3S. The Morgan fingerprint density at radius 2 is 1.53 bits per heavy atom. The predicted octanol–water partition coefficient (Wildman–Crippen LogP) is 2.54. The van der Waals surface area contributed by atoms with Crippen LogP contribution in [0.1, 0.15) is 0 Å². The molecule has 0 fully saturated rings. The maximum atomic E-state index is 5.23. The lowest BCUT2D eigenvalue weighted by Gasteiger charge is -2.33. The number of anilines is 1. The van der Waals surface area contributed by atoms with Gasteiger partial charge in [-0.15, -0.1) is 0 Å². The first-order valence-electron chi connectivity index (χ1n) is 4.53. The molecule has 0 radical (unpaired) electrons. The molecule has 0 aliphatic heterocycles. The summed E-state index contributed by atoms with van der Waals surface area (Å²) in [5, 5.41) is 3.20. The summed E-state index contributed by atoms with van der Waals surface area (Å²) in [6, 6.07) is 9.85. The molecule has 0 heterocycles. The van der Waals surface area contributed by atoms with Gasteiger partial charge in [0.15, 0.2) is 0 Å². The maximum absolute atomic E-state index is 5.23. The lowest BCUT2D eigenvalue weighted by atomic mass is 10.3. The van der Waals surface area contributed by atoms with Gasteiger partial charge in [0, 0.05) is 5.69 Å². The van der Waals surface area contributed by atoms with Gasteiger partial charge in [-0.2, -0.15) is 0 Å². The number of benzene rings is 1. The van der Waals surface area contributed by atoms with Crippen LogP contribution in [0.15, 0.2) is 30.3 Å². The van der Waals surface area contributed by atoms with Crippen LogP contribution in [0.5, 0.6) is 0 Å². The molecule has 0 unspecified atom stereocenters. The third-order valence-corrected chi connectivity index (χ3v) is 4.01. The molecule has 0 amide bonds. The van der Waals surface area contributed by atoms with Gasteiger partial charge < -0.3 is 5.32 Å². The van der Waals surface area contributed by atoms with E-state index in [9.17, 15) is 0 Å². The fourth-order valence-electron chi connectivity index (χ4n) is 1.11. The molecule has 1 aromatic carbocycles. The maximum Gasteiger partial charge on any atom is 0.114 e. The van der Waals surface area contributed by atoms with Crippen molar-refractivity contribution in [3.05, 3.63) is 30.3 Å². The minimum atomic E-state index is -1.92. The van der Waals surface area contributed by atoms with Crippen molar-refractivity contribution in [1.82, 2.24) is 0 Å². The van der Waals surface area contributed by atoms with Crippen LogP contribution in [0.4, 0.5) is 5.69 Å². The molecule has 0 aliphatic rings. The number of hydrogen-bond acceptors (Lipinski definition) is 4. The van der Waals surface area contributed by atoms with Crippen LogP contribution in [0.2, 0.25) is 0 Å². The third kappa shape index (κ3) is 3.39. The summed E-state index contributed by atoms with van der Waals surface area (Å²) in [5.41, 5.74) is 1.01. The van der Waals surface area contributed by atoms with Gasteiger partial charge in [-0.3, -0.25) is 12.5 Å². The Bertz CT molecular complexity index is 269. The minimum Gasteiger partial charge on any atom is -0.372 e. The molecular weight excluding hydrogens is 214 g/mol. The lowest BCUT2D eigenvalue weighted by Crippen LogP contribution is -2.17. The zero-order chi connectivity index (χ0) is 11.1. The molecule has 0 aliphatic carbocycles. The monoisotopic (exact) mass is 231 g/mol. The Balaban J connectivity index is 2.54. The molecule has 0 bridgehead atoms. The molecule has 0 saturated carbocycles. The van der Waals surface area contributed by atoms with Crippen LogP contribution in [-0.4, -0.2) is 27.2 Å². The van der Waals surface area contributed by atoms with Gasteiger partial charge in [0.1, 0.15) is 16.7 Å². The van der Waals surface area contributed by atoms with E-state index in [1.54, 1.807) is 21.3 Å². The van der Waals surface area contributed by atoms with Gasteiger partial charge in [-0.25, -0.2) is 0 Å². The molecule has 5 heteroatoms. The highest BCUT2D eigenvalue weighted by atomic mass is 32.3. The van der Waals surface area contributed by atoms with E-state index in [2.05, 4.69) is 5.32 Å². The number of para-hydroxylation sites is 1. The average Bonchev–Trinajstić information content (AvgIpc) is 2.33. The zero-order valence-electron chi connectivity index (χ0n) is 9.23. The summed E-state index contributed by atoms with van der Waals surface area (Å²) >= 11 is 0. The highest BCUT2D eigenvalue weighted by Crippen LogP contribution is 2.48. The quantitative estimate of drug-likeness (QED) is 0.816. The number of hydrogen-bond donors (Lipinski definition) is 1. The van der Waals surface area contributed by atoms with Gasteiger partial charge in [-0.1, -0.05) is 18.2 Å². The highest BCUT2D eigenvalue weighted by molar-refractivity contribution is 8.21. The molecule has 15 heavy (non-hydrogen) atoms. The third-order valence-electron chi connectivity index (χ3n) is 1.99. The topological polar surface area (TPSA) is 39.7 Å². The number of rotatable bonds is 6. The lowest BCUT2D eigenvalue weighted by molar-refractivity contribution is 0.250. The molecule has 0 atom stereocenters. The van der Waals surface area contributed by atoms with E-state index < -0.39 is 10.9 Å². The minimum absolute atomic E-state index is 0.501. The SMILES string of the molecule is COS(CNc1ccccc1)(OC)OC. The Morgan fingerprint density at radius 3 is 2.00 bits per heavy atom. The van der Waals surface area contributed by atoms with Gasteiger partial charge in [0.2, 0.25) is 0 Å². The van der Waals surface area contributed by atoms with Crippen LogP contribution in [0.3, 0.4) is 0 Å². The van der Waals surface area contributed by atoms with Gasteiger partial charge in [0.05, 0.1) is 21.3 Å². The van der Waals surface area contributed by atoms with Gasteiger partial charge >= 0.3 is 0 Å². The summed E-state index contributed by atoms with van der Waals surface area (Å²) in [5.74, 6) is 0.501. The smallest absolute Gasteiger partial charge is 0.114 e. The van der Waals surface area contributed by atoms with Crippen molar-refractivity contribution in [3.63, 3.8) is 0 Å². The zero-order valence-corrected chi connectivity index (χ0v) is 10.0.